The molecule has 0 amide bonds. The van der Waals surface area contributed by atoms with Gasteiger partial charge in [0.05, 0.1) is 12.1 Å². The third-order valence-electron chi connectivity index (χ3n) is 2.91. The van der Waals surface area contributed by atoms with Gasteiger partial charge in [-0.1, -0.05) is 33.6 Å². The van der Waals surface area contributed by atoms with Crippen LogP contribution in [0.15, 0.2) is 10.2 Å². The Labute approximate surface area is 98.0 Å². The molecule has 0 bridgehead atoms. The Balaban J connectivity index is 4.72. The molecule has 0 fully saturated rings. The number of hydrogen-bond acceptors (Lipinski definition) is 4. The van der Waals surface area contributed by atoms with E-state index >= 15 is 0 Å². The van der Waals surface area contributed by atoms with Crippen molar-refractivity contribution in [3.8, 4) is 12.1 Å². The Morgan fingerprint density at radius 1 is 1.31 bits per heavy atom. The molecule has 0 aliphatic heterocycles. The molecule has 0 aromatic heterocycles. The first-order valence-corrected chi connectivity index (χ1v) is 5.76. The predicted molar refractivity (Wildman–Crippen MR) is 62.6 cm³/mol. The summed E-state index contributed by atoms with van der Waals surface area (Å²) in [5, 5.41) is 26.0. The monoisotopic (exact) mass is 220 g/mol. The van der Waals surface area contributed by atoms with Crippen molar-refractivity contribution in [1.82, 2.24) is 0 Å². The molecule has 0 rings (SSSR count). The smallest absolute Gasteiger partial charge is 0.167 e. The van der Waals surface area contributed by atoms with Crippen LogP contribution >= 0.6 is 0 Å². The summed E-state index contributed by atoms with van der Waals surface area (Å²) in [4.78, 5) is 0. The molecule has 4 nitrogen and oxygen atoms in total. The van der Waals surface area contributed by atoms with Crippen LogP contribution in [0.25, 0.3) is 0 Å². The first-order valence-electron chi connectivity index (χ1n) is 5.76. The van der Waals surface area contributed by atoms with E-state index in [0.717, 1.165) is 12.8 Å². The van der Waals surface area contributed by atoms with E-state index in [9.17, 15) is 0 Å². The number of nitriles is 2. The molecule has 0 saturated heterocycles. The van der Waals surface area contributed by atoms with Crippen molar-refractivity contribution in [2.45, 2.75) is 58.5 Å². The largest absolute Gasteiger partial charge is 0.196 e. The average Bonchev–Trinajstić information content (AvgIpc) is 2.32. The lowest BCUT2D eigenvalue weighted by atomic mass is 9.87. The molecule has 0 heterocycles. The second kappa shape index (κ2) is 6.95. The Bertz CT molecular complexity index is 310. The third kappa shape index (κ3) is 3.98. The summed E-state index contributed by atoms with van der Waals surface area (Å²) >= 11 is 0. The van der Waals surface area contributed by atoms with Crippen LogP contribution in [0.3, 0.4) is 0 Å². The van der Waals surface area contributed by atoms with Crippen LogP contribution in [0.4, 0.5) is 0 Å². The minimum atomic E-state index is -0.808. The van der Waals surface area contributed by atoms with Gasteiger partial charge in [0.1, 0.15) is 0 Å². The number of hydrogen-bond donors (Lipinski definition) is 0. The molecule has 16 heavy (non-hydrogen) atoms. The minimum Gasteiger partial charge on any atom is -0.196 e. The minimum absolute atomic E-state index is 0.141. The summed E-state index contributed by atoms with van der Waals surface area (Å²) in [5.74, 6) is 0.141. The molecular formula is C12H20N4. The molecular weight excluding hydrogens is 200 g/mol. The third-order valence-corrected chi connectivity index (χ3v) is 2.91. The molecule has 0 aromatic carbocycles. The fourth-order valence-corrected chi connectivity index (χ4v) is 1.24. The first-order chi connectivity index (χ1) is 7.53. The molecule has 0 saturated carbocycles. The van der Waals surface area contributed by atoms with Gasteiger partial charge in [-0.15, -0.1) is 0 Å². The summed E-state index contributed by atoms with van der Waals surface area (Å²) in [5.41, 5.74) is -0.808. The molecule has 0 spiro atoms. The molecule has 0 aromatic rings. The van der Waals surface area contributed by atoms with E-state index in [-0.39, 0.29) is 5.92 Å². The zero-order valence-corrected chi connectivity index (χ0v) is 10.6. The van der Waals surface area contributed by atoms with Gasteiger partial charge in [-0.3, -0.25) is 0 Å². The second-order valence-corrected chi connectivity index (χ2v) is 4.22. The number of azo groups is 1. The molecule has 0 aliphatic carbocycles. The van der Waals surface area contributed by atoms with E-state index in [1.54, 1.807) is 6.92 Å². The van der Waals surface area contributed by atoms with Crippen molar-refractivity contribution in [2.75, 3.05) is 0 Å². The fraction of sp³-hybridized carbons (Fsp3) is 0.833. The van der Waals surface area contributed by atoms with E-state index in [2.05, 4.69) is 22.4 Å². The molecule has 3 unspecified atom stereocenters. The summed E-state index contributed by atoms with van der Waals surface area (Å²) in [6.45, 7) is 7.76. The Morgan fingerprint density at radius 3 is 2.31 bits per heavy atom. The molecule has 3 atom stereocenters. The van der Waals surface area contributed by atoms with Gasteiger partial charge in [0, 0.05) is 0 Å². The molecule has 0 N–H and O–H groups in total. The first kappa shape index (κ1) is 14.6. The maximum atomic E-state index is 9.12. The van der Waals surface area contributed by atoms with Crippen molar-refractivity contribution < 1.29 is 0 Å². The van der Waals surface area contributed by atoms with E-state index in [0.29, 0.717) is 6.42 Å². The van der Waals surface area contributed by atoms with Crippen LogP contribution in [-0.4, -0.2) is 11.6 Å². The molecule has 4 heteroatoms. The highest BCUT2D eigenvalue weighted by molar-refractivity contribution is 5.06. The van der Waals surface area contributed by atoms with Crippen molar-refractivity contribution in [3.05, 3.63) is 0 Å². The van der Waals surface area contributed by atoms with Crippen molar-refractivity contribution in [2.24, 2.45) is 16.1 Å². The Hall–Kier alpha value is -1.42. The van der Waals surface area contributed by atoms with Crippen LogP contribution in [0.5, 0.6) is 0 Å². The van der Waals surface area contributed by atoms with Crippen molar-refractivity contribution >= 4 is 0 Å². The lowest BCUT2D eigenvalue weighted by molar-refractivity contribution is 0.368. The molecule has 88 valence electrons. The van der Waals surface area contributed by atoms with Gasteiger partial charge >= 0.3 is 0 Å². The second-order valence-electron chi connectivity index (χ2n) is 4.22. The highest BCUT2D eigenvalue weighted by Crippen LogP contribution is 2.24. The number of rotatable bonds is 6. The van der Waals surface area contributed by atoms with Crippen molar-refractivity contribution in [1.29, 1.82) is 10.5 Å². The maximum Gasteiger partial charge on any atom is 0.167 e. The van der Waals surface area contributed by atoms with Gasteiger partial charge in [-0.2, -0.15) is 20.8 Å². The van der Waals surface area contributed by atoms with Crippen LogP contribution in [0.1, 0.15) is 47.0 Å². The SMILES string of the molecule is CCCC(C#N)/N=N/C(C)(C#N)C(C)CC. The average molecular weight is 220 g/mol. The van der Waals surface area contributed by atoms with Crippen LogP contribution < -0.4 is 0 Å². The highest BCUT2D eigenvalue weighted by atomic mass is 15.2. The van der Waals surface area contributed by atoms with Gasteiger partial charge in [0.2, 0.25) is 0 Å². The van der Waals surface area contributed by atoms with E-state index < -0.39 is 11.6 Å². The Morgan fingerprint density at radius 2 is 1.94 bits per heavy atom. The van der Waals surface area contributed by atoms with E-state index in [4.69, 9.17) is 10.5 Å². The standard InChI is InChI=1S/C12H20N4/c1-5-7-11(8-13)15-16-12(4,9-14)10(3)6-2/h10-11H,5-7H2,1-4H3/b16-15+. The van der Waals surface area contributed by atoms with E-state index in [1.165, 1.54) is 0 Å². The predicted octanol–water partition coefficient (Wildman–Crippen LogP) is 3.46. The van der Waals surface area contributed by atoms with Gasteiger partial charge < -0.3 is 0 Å². The van der Waals surface area contributed by atoms with Crippen LogP contribution in [0.2, 0.25) is 0 Å². The van der Waals surface area contributed by atoms with Gasteiger partial charge in [-0.25, -0.2) is 0 Å². The highest BCUT2D eigenvalue weighted by Gasteiger charge is 2.30. The summed E-state index contributed by atoms with van der Waals surface area (Å²) < 4.78 is 0. The van der Waals surface area contributed by atoms with Crippen LogP contribution in [-0.2, 0) is 0 Å². The van der Waals surface area contributed by atoms with Gasteiger partial charge in [0.25, 0.3) is 0 Å². The molecule has 0 aliphatic rings. The lowest BCUT2D eigenvalue weighted by Crippen LogP contribution is -2.28. The summed E-state index contributed by atoms with van der Waals surface area (Å²) in [7, 11) is 0. The number of nitrogens with zero attached hydrogens (tertiary/aromatic N) is 4. The van der Waals surface area contributed by atoms with E-state index in [1.807, 2.05) is 20.8 Å². The topological polar surface area (TPSA) is 72.3 Å². The quantitative estimate of drug-likeness (QED) is 0.643. The van der Waals surface area contributed by atoms with Crippen molar-refractivity contribution in [3.63, 3.8) is 0 Å². The van der Waals surface area contributed by atoms with Gasteiger partial charge in [0.15, 0.2) is 11.6 Å². The fourth-order valence-electron chi connectivity index (χ4n) is 1.24. The normalized spacial score (nSPS) is 18.4. The summed E-state index contributed by atoms with van der Waals surface area (Å²) in [6, 6.07) is 3.85. The molecule has 0 radical (unpaired) electrons. The zero-order valence-electron chi connectivity index (χ0n) is 10.6. The maximum absolute atomic E-state index is 9.12. The zero-order chi connectivity index (χ0) is 12.6. The van der Waals surface area contributed by atoms with Gasteiger partial charge in [-0.05, 0) is 19.3 Å². The Kier molecular flexibility index (Phi) is 6.34. The van der Waals surface area contributed by atoms with Crippen LogP contribution in [0, 0.1) is 28.6 Å². The summed E-state index contributed by atoms with van der Waals surface area (Å²) in [6.07, 6.45) is 2.46. The lowest BCUT2D eigenvalue weighted by Gasteiger charge is -2.22.